The van der Waals surface area contributed by atoms with Gasteiger partial charge in [-0.25, -0.2) is 22.9 Å². The number of pyridine rings is 1. The molecule has 7 heterocycles. The number of benzene rings is 6. The first kappa shape index (κ1) is 33.9. The van der Waals surface area contributed by atoms with Crippen molar-refractivity contribution in [3.63, 3.8) is 0 Å². The molecular formula is C50H38N6O2+2. The van der Waals surface area contributed by atoms with E-state index in [2.05, 4.69) is 91.6 Å². The molecule has 14 bridgehead atoms. The lowest BCUT2D eigenvalue weighted by atomic mass is 9.95. The number of hydrogen-bond donors (Lipinski definition) is 0. The van der Waals surface area contributed by atoms with E-state index in [1.54, 1.807) is 0 Å². The summed E-state index contributed by atoms with van der Waals surface area (Å²) in [6.45, 7) is 2.36. The number of imidazole rings is 2. The average molecular weight is 755 g/mol. The Hall–Kier alpha value is -7.45. The molecule has 0 atom stereocenters. The van der Waals surface area contributed by atoms with Crippen LogP contribution >= 0.6 is 0 Å². The van der Waals surface area contributed by atoms with Crippen LogP contribution in [0.3, 0.4) is 0 Å². The second kappa shape index (κ2) is 13.3. The van der Waals surface area contributed by atoms with Crippen molar-refractivity contribution in [1.29, 1.82) is 0 Å². The van der Waals surface area contributed by atoms with E-state index in [1.165, 1.54) is 4.68 Å². The maximum absolute atomic E-state index is 14.1. The molecule has 0 amide bonds. The zero-order valence-corrected chi connectivity index (χ0v) is 31.7. The third-order valence-electron chi connectivity index (χ3n) is 11.9. The molecule has 3 aromatic heterocycles. The van der Waals surface area contributed by atoms with Gasteiger partial charge in [0.05, 0.1) is 5.56 Å². The number of fused-ring (bicyclic) bond motifs is 2. The van der Waals surface area contributed by atoms with Crippen LogP contribution in [0.25, 0.3) is 39.0 Å². The van der Waals surface area contributed by atoms with E-state index in [-0.39, 0.29) is 11.6 Å². The minimum absolute atomic E-state index is 0.0290. The molecule has 5 aliphatic rings. The Morgan fingerprint density at radius 2 is 1.03 bits per heavy atom. The molecule has 8 heteroatoms. The molecule has 0 unspecified atom stereocenters. The van der Waals surface area contributed by atoms with E-state index in [0.717, 1.165) is 73.1 Å². The number of carbonyl (C=O) groups is 2. The van der Waals surface area contributed by atoms with Gasteiger partial charge < -0.3 is 5.84 Å². The Kier molecular flexibility index (Phi) is 7.79. The molecule has 0 saturated carbocycles. The molecule has 0 saturated heterocycles. The molecule has 0 radical (unpaired) electrons. The highest BCUT2D eigenvalue weighted by Crippen LogP contribution is 2.38. The fourth-order valence-corrected chi connectivity index (χ4v) is 8.91. The lowest BCUT2D eigenvalue weighted by Crippen LogP contribution is -2.36. The minimum Gasteiger partial charge on any atom is -0.449 e. The third kappa shape index (κ3) is 5.80. The highest BCUT2D eigenvalue weighted by molar-refractivity contribution is 6.11. The molecule has 278 valence electrons. The maximum atomic E-state index is 14.1. The van der Waals surface area contributed by atoms with Crippen molar-refractivity contribution in [1.82, 2.24) is 9.13 Å². The van der Waals surface area contributed by atoms with Gasteiger partial charge in [0.15, 0.2) is 46.4 Å². The van der Waals surface area contributed by atoms with Crippen LogP contribution < -0.4 is 13.8 Å². The minimum atomic E-state index is -0.0345. The fourth-order valence-electron chi connectivity index (χ4n) is 8.91. The van der Waals surface area contributed by atoms with E-state index in [9.17, 15) is 9.59 Å². The number of rotatable bonds is 0. The van der Waals surface area contributed by atoms with Gasteiger partial charge in [0, 0.05) is 28.3 Å². The van der Waals surface area contributed by atoms with Crippen LogP contribution in [0.2, 0.25) is 0 Å². The smallest absolute Gasteiger partial charge is 0.245 e. The normalized spacial score (nSPS) is 13.7. The highest BCUT2D eigenvalue weighted by atomic mass is 16.1. The molecule has 6 aromatic carbocycles. The van der Waals surface area contributed by atoms with Crippen LogP contribution in [0.15, 0.2) is 164 Å². The molecule has 14 rings (SSSR count). The number of para-hydroxylation sites is 4. The van der Waals surface area contributed by atoms with Crippen molar-refractivity contribution >= 4 is 33.6 Å². The van der Waals surface area contributed by atoms with E-state index < -0.39 is 0 Å². The van der Waals surface area contributed by atoms with Gasteiger partial charge in [-0.1, -0.05) is 91.0 Å². The van der Waals surface area contributed by atoms with Gasteiger partial charge in [-0.3, -0.25) is 9.59 Å². The van der Waals surface area contributed by atoms with Gasteiger partial charge in [-0.15, -0.1) is 0 Å². The predicted octanol–water partition coefficient (Wildman–Crippen LogP) is 7.81. The summed E-state index contributed by atoms with van der Waals surface area (Å²) in [6.07, 6.45) is 6.92. The molecule has 0 fully saturated rings. The van der Waals surface area contributed by atoms with Crippen LogP contribution in [0.4, 0.5) is 0 Å². The molecule has 4 aliphatic heterocycles. The van der Waals surface area contributed by atoms with Gasteiger partial charge >= 0.3 is 0 Å². The summed E-state index contributed by atoms with van der Waals surface area (Å²) in [7, 11) is 0. The Balaban J connectivity index is 1.02. The van der Waals surface area contributed by atoms with Crippen molar-refractivity contribution < 1.29 is 23.4 Å². The summed E-state index contributed by atoms with van der Waals surface area (Å²) < 4.78 is 10.4. The first-order valence-electron chi connectivity index (χ1n) is 19.6. The van der Waals surface area contributed by atoms with Crippen LogP contribution in [0, 0.1) is 0 Å². The molecule has 1 N–H and O–H groups in total. The number of hydrogen-bond acceptors (Lipinski definition) is 2. The predicted molar refractivity (Wildman–Crippen MR) is 221 cm³/mol. The summed E-state index contributed by atoms with van der Waals surface area (Å²) in [5.74, 6) is 8.96. The van der Waals surface area contributed by atoms with E-state index in [1.807, 2.05) is 91.1 Å². The summed E-state index contributed by atoms with van der Waals surface area (Å²) in [5.41, 5.74) is 15.2. The first-order valence-corrected chi connectivity index (χ1v) is 19.6. The second-order valence-electron chi connectivity index (χ2n) is 15.6. The van der Waals surface area contributed by atoms with Gasteiger partial charge in [-0.05, 0) is 88.3 Å². The zero-order valence-electron chi connectivity index (χ0n) is 31.7. The van der Waals surface area contributed by atoms with Gasteiger partial charge in [0.1, 0.15) is 19.6 Å². The van der Waals surface area contributed by atoms with Gasteiger partial charge in [0.2, 0.25) is 18.3 Å². The molecular weight excluding hydrogens is 717 g/mol. The van der Waals surface area contributed by atoms with E-state index in [0.29, 0.717) is 48.4 Å². The van der Waals surface area contributed by atoms with Crippen LogP contribution in [-0.4, -0.2) is 20.7 Å². The number of carbonyl (C=O) groups excluding carboxylic acids is 2. The van der Waals surface area contributed by atoms with Gasteiger partial charge in [-0.2, -0.15) is 0 Å². The Labute approximate surface area is 334 Å². The Bertz CT molecular complexity index is 3150. The van der Waals surface area contributed by atoms with Crippen molar-refractivity contribution in [2.45, 2.75) is 32.6 Å². The highest BCUT2D eigenvalue weighted by Gasteiger charge is 2.25. The summed E-state index contributed by atoms with van der Waals surface area (Å²) in [6, 6.07) is 48.7. The average Bonchev–Trinajstić information content (AvgIpc) is 3.91. The molecule has 0 spiro atoms. The Morgan fingerprint density at radius 1 is 0.483 bits per heavy atom. The standard InChI is InChI=1S/C50H38N6O2/c51-56-29-35-14-21-42(56)30-55-32-53(47-10-3-4-11-48(47)55)27-34-6-5-7-39(22-34)50(58)41-20-18-38-23-37-17-19-40(24-43(37)44(38)25-41)49(57)36-15-12-33(13-16-36)26-52-31-54(28-35)46-9-2-1-8-45(46)52/h1-22,24-25,29,31-32,51H,23,26-28,30H2/q+2. The fraction of sp³-hybridized carbons (Fsp3) is 0.100. The molecule has 8 nitrogen and oxygen atoms in total. The van der Waals surface area contributed by atoms with Crippen LogP contribution in [0.5, 0.6) is 0 Å². The summed E-state index contributed by atoms with van der Waals surface area (Å²) >= 11 is 0. The number of nitrogens with one attached hydrogen (secondary N) is 1. The third-order valence-corrected chi connectivity index (χ3v) is 11.9. The van der Waals surface area contributed by atoms with E-state index >= 15 is 0 Å². The van der Waals surface area contributed by atoms with Gasteiger partial charge in [0.25, 0.3) is 0 Å². The van der Waals surface area contributed by atoms with Crippen molar-refractivity contribution in [3.8, 4) is 11.1 Å². The number of ketones is 2. The van der Waals surface area contributed by atoms with E-state index in [4.69, 9.17) is 5.84 Å². The molecule has 1 aliphatic carbocycles. The Morgan fingerprint density at radius 3 is 1.69 bits per heavy atom. The summed E-state index contributed by atoms with van der Waals surface area (Å²) in [4.78, 5) is 28.0. The lowest BCUT2D eigenvalue weighted by molar-refractivity contribution is -0.666. The number of nitrogens with zero attached hydrogens (tertiary/aromatic N) is 5. The number of aromatic nitrogens is 5. The second-order valence-corrected chi connectivity index (χ2v) is 15.6. The maximum Gasteiger partial charge on any atom is 0.245 e. The summed E-state index contributed by atoms with van der Waals surface area (Å²) in [5, 5.41) is 0. The quantitative estimate of drug-likeness (QED) is 0.148. The SMILES string of the molecule is [NH-][n+]1cc2ccc1Cn1c[n+](c3ccccc31)Cc1cccc(c1)C(=O)c1ccc3c(c1)-c1cc(ccc1C3)C(=O)c1ccc(cc1)Cn1c[n+](c3ccccc31)C2. The van der Waals surface area contributed by atoms with Crippen LogP contribution in [-0.2, 0) is 32.6 Å². The monoisotopic (exact) mass is 754 g/mol. The van der Waals surface area contributed by atoms with Crippen LogP contribution in [0.1, 0.15) is 65.4 Å². The lowest BCUT2D eigenvalue weighted by Gasteiger charge is -2.09. The zero-order chi connectivity index (χ0) is 38.9. The van der Waals surface area contributed by atoms with Crippen molar-refractivity contribution in [2.75, 3.05) is 0 Å². The molecule has 58 heavy (non-hydrogen) atoms. The topological polar surface area (TPSA) is 79.4 Å². The first-order chi connectivity index (χ1) is 28.4. The largest absolute Gasteiger partial charge is 0.449 e. The molecule has 9 aromatic rings. The van der Waals surface area contributed by atoms with Crippen molar-refractivity contribution in [2.24, 2.45) is 0 Å². The van der Waals surface area contributed by atoms with Crippen molar-refractivity contribution in [3.05, 3.63) is 226 Å².